The SMILES string of the molecule is Cc1ccc(S(=O)(=O)N2CCc3ccccc3C2CC(=O)OCC(=O)Nc2cc(S(=O)(=O)N3CCOCC3)ccc2N2CCCC2)cc1. The fraction of sp³-hybridized carbons (Fsp3) is 0.412. The maximum atomic E-state index is 13.8. The van der Waals surface area contributed by atoms with Crippen molar-refractivity contribution in [3.63, 3.8) is 0 Å². The van der Waals surface area contributed by atoms with Crippen LogP contribution in [0, 0.1) is 6.92 Å². The molecule has 0 radical (unpaired) electrons. The molecule has 0 saturated carbocycles. The first kappa shape index (κ1) is 34.1. The lowest BCUT2D eigenvalue weighted by Crippen LogP contribution is -2.41. The van der Waals surface area contributed by atoms with E-state index >= 15 is 0 Å². The van der Waals surface area contributed by atoms with Gasteiger partial charge in [0.05, 0.1) is 46.8 Å². The van der Waals surface area contributed by atoms with E-state index in [1.54, 1.807) is 42.5 Å². The summed E-state index contributed by atoms with van der Waals surface area (Å²) in [5.74, 6) is -1.38. The van der Waals surface area contributed by atoms with E-state index in [-0.39, 0.29) is 35.8 Å². The van der Waals surface area contributed by atoms with Crippen molar-refractivity contribution in [3.8, 4) is 0 Å². The number of fused-ring (bicyclic) bond motifs is 1. The third-order valence-electron chi connectivity index (χ3n) is 9.01. The second-order valence-corrected chi connectivity index (χ2v) is 16.0. The number of amides is 1. The first-order valence-corrected chi connectivity index (χ1v) is 19.0. The van der Waals surface area contributed by atoms with Crippen molar-refractivity contribution in [3.05, 3.63) is 83.4 Å². The number of aryl methyl sites for hydroxylation is 1. The van der Waals surface area contributed by atoms with Gasteiger partial charge in [-0.3, -0.25) is 9.59 Å². The monoisotopic (exact) mass is 696 g/mol. The Kier molecular flexibility index (Phi) is 10.2. The van der Waals surface area contributed by atoms with Crippen molar-refractivity contribution in [2.24, 2.45) is 0 Å². The van der Waals surface area contributed by atoms with Gasteiger partial charge in [-0.15, -0.1) is 0 Å². The predicted molar refractivity (Wildman–Crippen MR) is 180 cm³/mol. The molecule has 1 N–H and O–H groups in total. The first-order chi connectivity index (χ1) is 23.0. The Morgan fingerprint density at radius 1 is 0.854 bits per heavy atom. The Balaban J connectivity index is 1.17. The molecule has 2 saturated heterocycles. The van der Waals surface area contributed by atoms with Gasteiger partial charge in [-0.25, -0.2) is 16.8 Å². The van der Waals surface area contributed by atoms with Crippen LogP contribution in [0.4, 0.5) is 11.4 Å². The van der Waals surface area contributed by atoms with Crippen LogP contribution in [0.25, 0.3) is 0 Å². The van der Waals surface area contributed by atoms with Crippen LogP contribution in [-0.2, 0) is 45.5 Å². The van der Waals surface area contributed by atoms with Crippen LogP contribution in [0.15, 0.2) is 76.5 Å². The number of hydrogen-bond acceptors (Lipinski definition) is 9. The highest BCUT2D eigenvalue weighted by atomic mass is 32.2. The number of anilines is 2. The fourth-order valence-electron chi connectivity index (χ4n) is 6.47. The highest BCUT2D eigenvalue weighted by Gasteiger charge is 2.38. The first-order valence-electron chi connectivity index (χ1n) is 16.1. The minimum atomic E-state index is -3.94. The van der Waals surface area contributed by atoms with E-state index < -0.39 is 44.6 Å². The number of sulfonamides is 2. The molecule has 3 aliphatic heterocycles. The van der Waals surface area contributed by atoms with Gasteiger partial charge < -0.3 is 19.7 Å². The van der Waals surface area contributed by atoms with E-state index in [0.717, 1.165) is 42.6 Å². The molecule has 12 nitrogen and oxygen atoms in total. The third-order valence-corrected chi connectivity index (χ3v) is 12.8. The number of morpholine rings is 1. The number of nitrogens with zero attached hydrogens (tertiary/aromatic N) is 3. The Morgan fingerprint density at radius 2 is 1.54 bits per heavy atom. The summed E-state index contributed by atoms with van der Waals surface area (Å²) >= 11 is 0. The highest BCUT2D eigenvalue weighted by Crippen LogP contribution is 2.37. The molecule has 1 amide bonds. The van der Waals surface area contributed by atoms with E-state index in [1.807, 2.05) is 25.1 Å². The zero-order valence-corrected chi connectivity index (χ0v) is 28.5. The van der Waals surface area contributed by atoms with E-state index in [0.29, 0.717) is 31.0 Å². The minimum Gasteiger partial charge on any atom is -0.456 e. The lowest BCUT2D eigenvalue weighted by atomic mass is 9.92. The van der Waals surface area contributed by atoms with Crippen LogP contribution in [0.1, 0.15) is 42.0 Å². The van der Waals surface area contributed by atoms with Gasteiger partial charge in [-0.2, -0.15) is 8.61 Å². The lowest BCUT2D eigenvalue weighted by molar-refractivity contribution is -0.148. The van der Waals surface area contributed by atoms with Crippen LogP contribution in [0.2, 0.25) is 0 Å². The molecule has 3 aromatic carbocycles. The number of hydrogen-bond donors (Lipinski definition) is 1. The molecule has 14 heteroatoms. The topological polar surface area (TPSA) is 143 Å². The molecule has 1 atom stereocenters. The van der Waals surface area contributed by atoms with Crippen molar-refractivity contribution in [1.82, 2.24) is 8.61 Å². The number of carbonyl (C=O) groups is 2. The van der Waals surface area contributed by atoms with Crippen molar-refractivity contribution < 1.29 is 35.9 Å². The second kappa shape index (κ2) is 14.3. The summed E-state index contributed by atoms with van der Waals surface area (Å²) < 4.78 is 67.7. The van der Waals surface area contributed by atoms with Crippen molar-refractivity contribution in [2.75, 3.05) is 62.8 Å². The number of ether oxygens (including phenoxy) is 2. The van der Waals surface area contributed by atoms with Crippen LogP contribution in [-0.4, -0.2) is 89.9 Å². The maximum Gasteiger partial charge on any atom is 0.308 e. The van der Waals surface area contributed by atoms with Gasteiger partial charge in [0.1, 0.15) is 0 Å². The number of esters is 1. The van der Waals surface area contributed by atoms with E-state index in [9.17, 15) is 26.4 Å². The minimum absolute atomic E-state index is 0.0467. The van der Waals surface area contributed by atoms with Gasteiger partial charge in [0.25, 0.3) is 5.91 Å². The highest BCUT2D eigenvalue weighted by molar-refractivity contribution is 7.89. The zero-order valence-electron chi connectivity index (χ0n) is 26.8. The number of rotatable bonds is 10. The summed E-state index contributed by atoms with van der Waals surface area (Å²) in [7, 11) is -7.77. The average molecular weight is 697 g/mol. The standard InChI is InChI=1S/C34H40N4O8S2/c1-25-8-10-27(11-9-25)48(43,44)38-17-14-26-6-2-3-7-29(26)32(38)23-34(40)46-24-33(39)35-30-22-28(12-13-31(30)36-15-4-5-16-36)47(41,42)37-18-20-45-21-19-37/h2-3,6-13,22,32H,4-5,14-21,23-24H2,1H3,(H,35,39). The molecule has 48 heavy (non-hydrogen) atoms. The molecule has 2 fully saturated rings. The second-order valence-electron chi connectivity index (χ2n) is 12.2. The predicted octanol–water partition coefficient (Wildman–Crippen LogP) is 3.48. The molecule has 256 valence electrons. The Morgan fingerprint density at radius 3 is 2.27 bits per heavy atom. The van der Waals surface area contributed by atoms with Gasteiger partial charge in [0.15, 0.2) is 6.61 Å². The van der Waals surface area contributed by atoms with Crippen molar-refractivity contribution >= 4 is 43.3 Å². The summed E-state index contributed by atoms with van der Waals surface area (Å²) in [6, 6.07) is 17.9. The van der Waals surface area contributed by atoms with Crippen LogP contribution < -0.4 is 10.2 Å². The van der Waals surface area contributed by atoms with Gasteiger partial charge in [-0.1, -0.05) is 42.0 Å². The maximum absolute atomic E-state index is 13.8. The Labute approximate surface area is 281 Å². The molecule has 0 aliphatic carbocycles. The van der Waals surface area contributed by atoms with Gasteiger partial charge in [-0.05, 0) is 67.6 Å². The van der Waals surface area contributed by atoms with E-state index in [1.165, 1.54) is 14.7 Å². The molecule has 0 spiro atoms. The van der Waals surface area contributed by atoms with Crippen LogP contribution >= 0.6 is 0 Å². The number of benzene rings is 3. The van der Waals surface area contributed by atoms with Crippen LogP contribution in [0.3, 0.4) is 0 Å². The molecule has 6 rings (SSSR count). The van der Waals surface area contributed by atoms with E-state index in [2.05, 4.69) is 10.2 Å². The molecular formula is C34H40N4O8S2. The Bertz CT molecular complexity index is 1870. The summed E-state index contributed by atoms with van der Waals surface area (Å²) in [6.45, 7) is 4.05. The summed E-state index contributed by atoms with van der Waals surface area (Å²) in [4.78, 5) is 28.7. The molecular weight excluding hydrogens is 657 g/mol. The molecule has 3 heterocycles. The molecule has 3 aliphatic rings. The smallest absolute Gasteiger partial charge is 0.308 e. The van der Waals surface area contributed by atoms with Crippen molar-refractivity contribution in [2.45, 2.75) is 48.4 Å². The average Bonchev–Trinajstić information content (AvgIpc) is 3.63. The number of carbonyl (C=O) groups excluding carboxylic acids is 2. The van der Waals surface area contributed by atoms with Gasteiger partial charge in [0, 0.05) is 32.7 Å². The summed E-state index contributed by atoms with van der Waals surface area (Å²) in [6.07, 6.45) is 2.15. The quantitative estimate of drug-likeness (QED) is 0.316. The van der Waals surface area contributed by atoms with E-state index in [4.69, 9.17) is 9.47 Å². The molecule has 0 bridgehead atoms. The Hall–Kier alpha value is -3.82. The van der Waals surface area contributed by atoms with Crippen LogP contribution in [0.5, 0.6) is 0 Å². The lowest BCUT2D eigenvalue weighted by Gasteiger charge is -2.36. The molecule has 3 aromatic rings. The summed E-state index contributed by atoms with van der Waals surface area (Å²) in [5, 5.41) is 2.76. The van der Waals surface area contributed by atoms with Gasteiger partial charge in [0.2, 0.25) is 20.0 Å². The molecule has 1 unspecified atom stereocenters. The molecule has 0 aromatic heterocycles. The zero-order chi connectivity index (χ0) is 33.9. The fourth-order valence-corrected chi connectivity index (χ4v) is 9.51. The normalized spacial score (nSPS) is 19.1. The van der Waals surface area contributed by atoms with Gasteiger partial charge >= 0.3 is 5.97 Å². The van der Waals surface area contributed by atoms with Crippen molar-refractivity contribution in [1.29, 1.82) is 0 Å². The third kappa shape index (κ3) is 7.27. The largest absolute Gasteiger partial charge is 0.456 e. The number of nitrogens with one attached hydrogen (secondary N) is 1. The summed E-state index contributed by atoms with van der Waals surface area (Å²) in [5.41, 5.74) is 3.58.